The molecule has 0 amide bonds. The molecule has 2 aromatic carbocycles. The van der Waals surface area contributed by atoms with Crippen LogP contribution in [0.3, 0.4) is 0 Å². The zero-order valence-electron chi connectivity index (χ0n) is 18.9. The van der Waals surface area contributed by atoms with Crippen LogP contribution in [0.5, 0.6) is 0 Å². The zero-order chi connectivity index (χ0) is 21.9. The van der Waals surface area contributed by atoms with Gasteiger partial charge < -0.3 is 0 Å². The summed E-state index contributed by atoms with van der Waals surface area (Å²) in [4.78, 5) is 5.00. The van der Waals surface area contributed by atoms with Crippen LogP contribution in [0.25, 0.3) is 0 Å². The third kappa shape index (κ3) is 5.04. The van der Waals surface area contributed by atoms with Crippen LogP contribution in [0.1, 0.15) is 49.3 Å². The van der Waals surface area contributed by atoms with Gasteiger partial charge in [0.1, 0.15) is 0 Å². The number of hydrogen-bond acceptors (Lipinski definition) is 4. The van der Waals surface area contributed by atoms with Crippen molar-refractivity contribution in [2.75, 3.05) is 11.9 Å². The number of rotatable bonds is 8. The second-order valence-corrected chi connectivity index (χ2v) is 13.0. The Balaban J connectivity index is 1.37. The predicted molar refractivity (Wildman–Crippen MR) is 137 cm³/mol. The Morgan fingerprint density at radius 1 is 1.16 bits per heavy atom. The molecule has 1 aliphatic heterocycles. The van der Waals surface area contributed by atoms with Crippen molar-refractivity contribution in [2.45, 2.75) is 45.4 Å². The van der Waals surface area contributed by atoms with E-state index in [0.29, 0.717) is 5.92 Å². The second kappa shape index (κ2) is 9.70. The van der Waals surface area contributed by atoms with Gasteiger partial charge in [-0.1, -0.05) is 0 Å². The van der Waals surface area contributed by atoms with Crippen molar-refractivity contribution in [3.63, 3.8) is 0 Å². The van der Waals surface area contributed by atoms with Crippen LogP contribution in [-0.2, 0) is 12.8 Å². The van der Waals surface area contributed by atoms with Gasteiger partial charge in [0.25, 0.3) is 0 Å². The third-order valence-corrected chi connectivity index (χ3v) is 9.99. The van der Waals surface area contributed by atoms with Gasteiger partial charge >= 0.3 is 203 Å². The first kappa shape index (κ1) is 21.6. The molecule has 32 heavy (non-hydrogen) atoms. The molecule has 0 atom stereocenters. The first-order valence-electron chi connectivity index (χ1n) is 11.9. The van der Waals surface area contributed by atoms with E-state index in [9.17, 15) is 0 Å². The Morgan fingerprint density at radius 2 is 2.00 bits per heavy atom. The Bertz CT molecular complexity index is 1120. The van der Waals surface area contributed by atoms with Crippen LogP contribution in [0.2, 0.25) is 0 Å². The van der Waals surface area contributed by atoms with Crippen LogP contribution in [0.15, 0.2) is 71.5 Å². The molecule has 1 saturated carbocycles. The fraction of sp³-hybridized carbons (Fsp3) is 0.333. The van der Waals surface area contributed by atoms with Crippen LogP contribution < -0.4 is 16.0 Å². The quantitative estimate of drug-likeness (QED) is 0.431. The van der Waals surface area contributed by atoms with E-state index in [2.05, 4.69) is 78.0 Å². The molecule has 2 aromatic rings. The molecule has 1 fully saturated rings. The topological polar surface area (TPSA) is 48.4 Å². The Labute approximate surface area is 202 Å². The fourth-order valence-corrected chi connectivity index (χ4v) is 8.43. The molecule has 0 bridgehead atoms. The first-order chi connectivity index (χ1) is 15.7. The van der Waals surface area contributed by atoms with Crippen LogP contribution in [0, 0.1) is 5.92 Å². The number of amidine groups is 1. The molecule has 0 radical (unpaired) electrons. The average Bonchev–Trinajstić information content (AvgIpc) is 3.54. The van der Waals surface area contributed by atoms with Gasteiger partial charge in [-0.05, 0) is 0 Å². The fourth-order valence-electron chi connectivity index (χ4n) is 4.51. The van der Waals surface area contributed by atoms with Crippen molar-refractivity contribution < 1.29 is 0 Å². The van der Waals surface area contributed by atoms with Gasteiger partial charge in [0.05, 0.1) is 0 Å². The van der Waals surface area contributed by atoms with Gasteiger partial charge in [0, 0.05) is 0 Å². The Hall–Kier alpha value is -2.27. The number of benzene rings is 2. The molecule has 0 spiro atoms. The van der Waals surface area contributed by atoms with Crippen molar-refractivity contribution in [1.82, 2.24) is 10.6 Å². The number of para-hydroxylation sites is 1. The molecule has 4 nitrogen and oxygen atoms in total. The monoisotopic (exact) mass is 526 g/mol. The van der Waals surface area contributed by atoms with E-state index in [0.717, 1.165) is 27.9 Å². The van der Waals surface area contributed by atoms with Crippen molar-refractivity contribution in [3.05, 3.63) is 83.2 Å². The van der Waals surface area contributed by atoms with Gasteiger partial charge in [-0.2, -0.15) is 0 Å². The van der Waals surface area contributed by atoms with Crippen molar-refractivity contribution in [2.24, 2.45) is 10.9 Å². The number of allylic oxidation sites excluding steroid dienone is 2. The Morgan fingerprint density at radius 3 is 2.84 bits per heavy atom. The average molecular weight is 526 g/mol. The van der Waals surface area contributed by atoms with E-state index in [1.54, 1.807) is 0 Å². The summed E-state index contributed by atoms with van der Waals surface area (Å²) in [6.45, 7) is 7.58. The van der Waals surface area contributed by atoms with Gasteiger partial charge in [0.2, 0.25) is 0 Å². The number of aliphatic imine (C=N–C) groups is 1. The number of aryl methyl sites for hydroxylation is 2. The molecule has 5 rings (SSSR count). The summed E-state index contributed by atoms with van der Waals surface area (Å²) in [6.07, 6.45) is 9.63. The minimum atomic E-state index is -1.35. The number of anilines is 1. The van der Waals surface area contributed by atoms with Gasteiger partial charge in [-0.15, -0.1) is 0 Å². The number of hydrogen-bond donors (Lipinski definition) is 3. The van der Waals surface area contributed by atoms with E-state index >= 15 is 0 Å². The summed E-state index contributed by atoms with van der Waals surface area (Å²) in [5.74, 6) is 0.684. The second-order valence-electron chi connectivity index (χ2n) is 8.99. The number of fused-ring (bicyclic) bond motifs is 2. The molecule has 3 N–H and O–H groups in total. The summed E-state index contributed by atoms with van der Waals surface area (Å²) in [5.41, 5.74) is 8.77. The van der Waals surface area contributed by atoms with E-state index in [-0.39, 0.29) is 0 Å². The molecule has 0 unspecified atom stereocenters. The van der Waals surface area contributed by atoms with E-state index in [4.69, 9.17) is 4.99 Å². The standard InChI is InChI=1S/C27H31N4.In/c1-3-15-28-27(22-11-12-22)16-20(2)29-18-24-7-4-5-10-26(24)31-19-30-25-14-13-21-8-6-9-23(21)17-25;/h4-5,7,10,13-14,16-17,22,28-29H,2-3,6,8-9,11-12,15H2,1H3,(H,30,31);/b27-16-;. The van der Waals surface area contributed by atoms with Gasteiger partial charge in [-0.3, -0.25) is 0 Å². The molecule has 0 saturated heterocycles. The summed E-state index contributed by atoms with van der Waals surface area (Å²) >= 11 is -1.35. The van der Waals surface area contributed by atoms with E-state index in [1.807, 2.05) is 0 Å². The number of nitrogens with one attached hydrogen (secondary N) is 3. The molecule has 5 heteroatoms. The van der Waals surface area contributed by atoms with E-state index < -0.39 is 22.4 Å². The van der Waals surface area contributed by atoms with Crippen molar-refractivity contribution in [1.29, 1.82) is 0 Å². The van der Waals surface area contributed by atoms with Crippen molar-refractivity contribution >= 4 is 40.8 Å². The molecule has 2 aliphatic carbocycles. The molecular formula is C27H31InN4. The SMILES string of the molecule is C=C(/C=C(\NCCC)C1CC1)N[C]1=[In][C](Nc2ccc3c(c2)CCC3)=Nc2ccccc21. The van der Waals surface area contributed by atoms with Gasteiger partial charge in [-0.25, -0.2) is 0 Å². The summed E-state index contributed by atoms with van der Waals surface area (Å²) in [5, 5.41) is 11.0. The minimum absolute atomic E-state index is 0.684. The maximum atomic E-state index is 5.00. The number of nitrogens with zero attached hydrogens (tertiary/aromatic N) is 1. The normalized spacial score (nSPS) is 16.8. The summed E-state index contributed by atoms with van der Waals surface area (Å²) in [6, 6.07) is 15.3. The predicted octanol–water partition coefficient (Wildman–Crippen LogP) is 4.87. The third-order valence-electron chi connectivity index (χ3n) is 6.31. The van der Waals surface area contributed by atoms with Crippen LogP contribution in [0.4, 0.5) is 11.4 Å². The molecule has 1 heterocycles. The van der Waals surface area contributed by atoms with E-state index in [1.165, 1.54) is 63.6 Å². The van der Waals surface area contributed by atoms with Crippen molar-refractivity contribution in [3.8, 4) is 0 Å². The summed E-state index contributed by atoms with van der Waals surface area (Å²) < 4.78 is 2.49. The zero-order valence-corrected chi connectivity index (χ0v) is 22.2. The van der Waals surface area contributed by atoms with Gasteiger partial charge in [0.15, 0.2) is 0 Å². The molecule has 3 aliphatic rings. The molecular weight excluding hydrogens is 495 g/mol. The first-order valence-corrected chi connectivity index (χ1v) is 15.2. The molecule has 162 valence electrons. The summed E-state index contributed by atoms with van der Waals surface area (Å²) in [7, 11) is 0. The molecule has 0 aromatic heterocycles. The Kier molecular flexibility index (Phi) is 6.54. The van der Waals surface area contributed by atoms with Crippen LogP contribution >= 0.6 is 0 Å². The van der Waals surface area contributed by atoms with Crippen LogP contribution in [-0.4, -0.2) is 35.9 Å². The maximum absolute atomic E-state index is 5.00.